The first-order valence-electron chi connectivity index (χ1n) is 7.34. The molecule has 0 aliphatic carbocycles. The fourth-order valence-corrected chi connectivity index (χ4v) is 2.20. The summed E-state index contributed by atoms with van der Waals surface area (Å²) in [6.45, 7) is 7.99. The van der Waals surface area contributed by atoms with Gasteiger partial charge in [0.25, 0.3) is 0 Å². The molecule has 4 heteroatoms. The Morgan fingerprint density at radius 2 is 1.76 bits per heavy atom. The molecule has 0 atom stereocenters. The van der Waals surface area contributed by atoms with Gasteiger partial charge in [-0.2, -0.15) is 0 Å². The van der Waals surface area contributed by atoms with E-state index in [-0.39, 0.29) is 29.8 Å². The summed E-state index contributed by atoms with van der Waals surface area (Å²) in [7, 11) is 0. The zero-order chi connectivity index (χ0) is 16.2. The maximum atomic E-state index is 12.2. The number of hydrogen-bond donors (Lipinski definition) is 2. The van der Waals surface area contributed by atoms with Gasteiger partial charge in [0.2, 0.25) is 0 Å². The number of carboxylic acid groups (broad SMARTS) is 1. The number of aromatic hydroxyl groups is 1. The van der Waals surface area contributed by atoms with E-state index in [4.69, 9.17) is 5.11 Å². The molecule has 0 fully saturated rings. The molecule has 0 radical (unpaired) electrons. The summed E-state index contributed by atoms with van der Waals surface area (Å²) in [5, 5.41) is 19.1. The van der Waals surface area contributed by atoms with Crippen LogP contribution in [0.2, 0.25) is 0 Å². The molecular weight excluding hydrogens is 268 g/mol. The predicted octanol–water partition coefficient (Wildman–Crippen LogP) is 3.69. The first-order valence-corrected chi connectivity index (χ1v) is 7.34. The average Bonchev–Trinajstić information content (AvgIpc) is 2.44. The van der Waals surface area contributed by atoms with Crippen molar-refractivity contribution < 1.29 is 19.8 Å². The first-order chi connectivity index (χ1) is 9.72. The third kappa shape index (κ3) is 4.06. The molecule has 1 rings (SSSR count). The molecule has 0 amide bonds. The highest BCUT2D eigenvalue weighted by molar-refractivity contribution is 5.98. The lowest BCUT2D eigenvalue weighted by atomic mass is 9.79. The van der Waals surface area contributed by atoms with Crippen LogP contribution in [0.3, 0.4) is 0 Å². The highest BCUT2D eigenvalue weighted by Gasteiger charge is 2.25. The molecular formula is C17H24O4. The second-order valence-electron chi connectivity index (χ2n) is 5.94. The minimum absolute atomic E-state index is 0.0186. The zero-order valence-electron chi connectivity index (χ0n) is 13.2. The molecule has 2 N–H and O–H groups in total. The minimum Gasteiger partial charge on any atom is -0.507 e. The number of carbonyl (C=O) groups excluding carboxylic acids is 1. The van der Waals surface area contributed by atoms with E-state index in [9.17, 15) is 14.7 Å². The molecule has 0 aliphatic heterocycles. The van der Waals surface area contributed by atoms with Crippen LogP contribution in [0.4, 0.5) is 0 Å². The van der Waals surface area contributed by atoms with E-state index in [0.717, 1.165) is 17.5 Å². The summed E-state index contributed by atoms with van der Waals surface area (Å²) in [5.41, 5.74) is 1.73. The molecule has 0 saturated carbocycles. The number of hydrogen-bond acceptors (Lipinski definition) is 3. The second kappa shape index (κ2) is 6.74. The lowest BCUT2D eigenvalue weighted by molar-refractivity contribution is -0.136. The van der Waals surface area contributed by atoms with Crippen LogP contribution in [0, 0.1) is 0 Å². The number of rotatable bonds is 7. The number of phenols is 1. The Morgan fingerprint density at radius 3 is 2.24 bits per heavy atom. The van der Waals surface area contributed by atoms with Crippen LogP contribution in [0.25, 0.3) is 0 Å². The third-order valence-corrected chi connectivity index (χ3v) is 4.07. The van der Waals surface area contributed by atoms with E-state index in [2.05, 4.69) is 0 Å². The number of aryl methyl sites for hydroxylation is 1. The van der Waals surface area contributed by atoms with Gasteiger partial charge in [0.1, 0.15) is 5.75 Å². The molecule has 0 heterocycles. The second-order valence-corrected chi connectivity index (χ2v) is 5.94. The molecule has 0 aromatic heterocycles. The molecule has 116 valence electrons. The minimum atomic E-state index is -0.980. The van der Waals surface area contributed by atoms with Crippen LogP contribution >= 0.6 is 0 Å². The van der Waals surface area contributed by atoms with Crippen molar-refractivity contribution in [3.05, 3.63) is 28.8 Å². The molecule has 0 aliphatic rings. The summed E-state index contributed by atoms with van der Waals surface area (Å²) in [4.78, 5) is 22.7. The number of carbonyl (C=O) groups is 2. The van der Waals surface area contributed by atoms with Crippen LogP contribution in [0.5, 0.6) is 5.75 Å². The monoisotopic (exact) mass is 292 g/mol. The highest BCUT2D eigenvalue weighted by atomic mass is 16.4. The summed E-state index contributed by atoms with van der Waals surface area (Å²) in [5.74, 6) is -0.925. The molecule has 0 spiro atoms. The van der Waals surface area contributed by atoms with E-state index in [1.165, 1.54) is 0 Å². The topological polar surface area (TPSA) is 74.6 Å². The molecule has 4 nitrogen and oxygen atoms in total. The predicted molar refractivity (Wildman–Crippen MR) is 82.0 cm³/mol. The summed E-state index contributed by atoms with van der Waals surface area (Å²) in [6.07, 6.45) is 1.26. The van der Waals surface area contributed by atoms with Crippen LogP contribution in [0.15, 0.2) is 12.1 Å². The lowest BCUT2D eigenvalue weighted by Crippen LogP contribution is -2.17. The Labute approximate surface area is 125 Å². The van der Waals surface area contributed by atoms with E-state index in [0.29, 0.717) is 12.0 Å². The van der Waals surface area contributed by atoms with Gasteiger partial charge in [-0.1, -0.05) is 27.7 Å². The van der Waals surface area contributed by atoms with Crippen LogP contribution in [0.1, 0.15) is 68.4 Å². The summed E-state index contributed by atoms with van der Waals surface area (Å²) in [6, 6.07) is 3.39. The quantitative estimate of drug-likeness (QED) is 0.752. The number of benzene rings is 1. The standard InChI is InChI=1S/C17H24O4/c1-5-11-9-12(14(18)7-8-15(19)20)10-13(16(11)21)17(3,4)6-2/h9-10,21H,5-8H2,1-4H3,(H,19,20). The van der Waals surface area contributed by atoms with E-state index >= 15 is 0 Å². The van der Waals surface area contributed by atoms with Crippen molar-refractivity contribution in [2.24, 2.45) is 0 Å². The Balaban J connectivity index is 3.26. The molecule has 0 saturated heterocycles. The Morgan fingerprint density at radius 1 is 1.14 bits per heavy atom. The van der Waals surface area contributed by atoms with Gasteiger partial charge in [-0.05, 0) is 36.0 Å². The van der Waals surface area contributed by atoms with Gasteiger partial charge in [-0.25, -0.2) is 0 Å². The maximum absolute atomic E-state index is 12.2. The number of phenolic OH excluding ortho intramolecular Hbond substituents is 1. The Kier molecular flexibility index (Phi) is 5.53. The van der Waals surface area contributed by atoms with Crippen molar-refractivity contribution in [3.8, 4) is 5.75 Å². The number of ketones is 1. The molecule has 1 aromatic rings. The SMILES string of the molecule is CCc1cc(C(=O)CCC(=O)O)cc(C(C)(C)CC)c1O. The van der Waals surface area contributed by atoms with Gasteiger partial charge in [0, 0.05) is 17.5 Å². The number of Topliss-reactive ketones (excluding diaryl/α,β-unsaturated/α-hetero) is 1. The van der Waals surface area contributed by atoms with Crippen molar-refractivity contribution in [3.63, 3.8) is 0 Å². The zero-order valence-corrected chi connectivity index (χ0v) is 13.2. The van der Waals surface area contributed by atoms with Crippen molar-refractivity contribution in [1.82, 2.24) is 0 Å². The van der Waals surface area contributed by atoms with Gasteiger partial charge >= 0.3 is 5.97 Å². The highest BCUT2D eigenvalue weighted by Crippen LogP contribution is 2.37. The maximum Gasteiger partial charge on any atom is 0.303 e. The lowest BCUT2D eigenvalue weighted by Gasteiger charge is -2.26. The van der Waals surface area contributed by atoms with Gasteiger partial charge in [0.15, 0.2) is 5.78 Å². The van der Waals surface area contributed by atoms with Crippen LogP contribution in [-0.4, -0.2) is 22.0 Å². The van der Waals surface area contributed by atoms with Gasteiger partial charge in [0.05, 0.1) is 6.42 Å². The van der Waals surface area contributed by atoms with Gasteiger partial charge < -0.3 is 10.2 Å². The summed E-state index contributed by atoms with van der Waals surface area (Å²) >= 11 is 0. The largest absolute Gasteiger partial charge is 0.507 e. The molecule has 1 aromatic carbocycles. The summed E-state index contributed by atoms with van der Waals surface area (Å²) < 4.78 is 0. The number of aliphatic carboxylic acids is 1. The Hall–Kier alpha value is -1.84. The smallest absolute Gasteiger partial charge is 0.303 e. The fraction of sp³-hybridized carbons (Fsp3) is 0.529. The van der Waals surface area contributed by atoms with E-state index in [1.807, 2.05) is 27.7 Å². The van der Waals surface area contributed by atoms with Gasteiger partial charge in [-0.15, -0.1) is 0 Å². The average molecular weight is 292 g/mol. The fourth-order valence-electron chi connectivity index (χ4n) is 2.20. The normalized spacial score (nSPS) is 11.4. The van der Waals surface area contributed by atoms with Gasteiger partial charge in [-0.3, -0.25) is 9.59 Å². The van der Waals surface area contributed by atoms with E-state index in [1.54, 1.807) is 12.1 Å². The first kappa shape index (κ1) is 17.2. The van der Waals surface area contributed by atoms with E-state index < -0.39 is 5.97 Å². The molecule has 0 unspecified atom stereocenters. The van der Waals surface area contributed by atoms with Crippen molar-refractivity contribution in [2.75, 3.05) is 0 Å². The Bertz CT molecular complexity index is 544. The van der Waals surface area contributed by atoms with Crippen LogP contribution in [-0.2, 0) is 16.6 Å². The van der Waals surface area contributed by atoms with Crippen molar-refractivity contribution in [2.45, 2.75) is 58.8 Å². The third-order valence-electron chi connectivity index (χ3n) is 4.07. The van der Waals surface area contributed by atoms with Crippen molar-refractivity contribution in [1.29, 1.82) is 0 Å². The number of carboxylic acids is 1. The molecule has 0 bridgehead atoms. The van der Waals surface area contributed by atoms with Crippen molar-refractivity contribution >= 4 is 11.8 Å². The molecule has 21 heavy (non-hydrogen) atoms. The van der Waals surface area contributed by atoms with Crippen LogP contribution < -0.4 is 0 Å².